The maximum absolute atomic E-state index is 12.6. The van der Waals surface area contributed by atoms with E-state index in [1.807, 2.05) is 6.07 Å². The molecule has 8 heteroatoms. The molecule has 2 aromatic carbocycles. The van der Waals surface area contributed by atoms with Crippen molar-refractivity contribution in [2.24, 2.45) is 4.40 Å². The lowest BCUT2D eigenvalue weighted by Crippen LogP contribution is -2.12. The van der Waals surface area contributed by atoms with Crippen LogP contribution in [0.4, 0.5) is 5.69 Å². The first-order valence-electron chi connectivity index (χ1n) is 7.67. The normalized spacial score (nSPS) is 15.6. The minimum atomic E-state index is -3.80. The number of hydrogen-bond donors (Lipinski definition) is 1. The molecule has 0 radical (unpaired) electrons. The van der Waals surface area contributed by atoms with Crippen LogP contribution < -0.4 is 14.8 Å². The average Bonchev–Trinajstić information content (AvgIpc) is 2.83. The van der Waals surface area contributed by atoms with Gasteiger partial charge in [-0.05, 0) is 36.8 Å². The third-order valence-electron chi connectivity index (χ3n) is 3.91. The third-order valence-corrected chi connectivity index (χ3v) is 5.89. The van der Waals surface area contributed by atoms with Gasteiger partial charge in [0, 0.05) is 16.1 Å². The van der Waals surface area contributed by atoms with E-state index in [0.717, 1.165) is 4.47 Å². The molecule has 0 saturated heterocycles. The Balaban J connectivity index is 2.05. The van der Waals surface area contributed by atoms with Gasteiger partial charge < -0.3 is 14.8 Å². The van der Waals surface area contributed by atoms with Crippen LogP contribution in [-0.2, 0) is 10.0 Å². The number of nitrogens with one attached hydrogen (secondary N) is 1. The Labute approximate surface area is 160 Å². The SMILES string of the molecule is COc1ccc(OC)c(NC2=NS(=O)(=O)C(c3cccc(Br)c3)=C2C)c1. The van der Waals surface area contributed by atoms with Crippen LogP contribution in [0, 0.1) is 0 Å². The molecular weight excluding hydrogens is 420 g/mol. The fraction of sp³-hybridized carbons (Fsp3) is 0.167. The van der Waals surface area contributed by atoms with Gasteiger partial charge >= 0.3 is 0 Å². The molecule has 2 aromatic rings. The van der Waals surface area contributed by atoms with Crippen LogP contribution in [0.2, 0.25) is 0 Å². The fourth-order valence-corrected chi connectivity index (χ4v) is 4.51. The van der Waals surface area contributed by atoms with Crippen molar-refractivity contribution >= 4 is 42.4 Å². The third kappa shape index (κ3) is 3.47. The van der Waals surface area contributed by atoms with Crippen molar-refractivity contribution in [1.82, 2.24) is 0 Å². The van der Waals surface area contributed by atoms with E-state index in [2.05, 4.69) is 25.6 Å². The predicted octanol–water partition coefficient (Wildman–Crippen LogP) is 4.05. The molecule has 1 heterocycles. The fourth-order valence-electron chi connectivity index (χ4n) is 2.69. The molecular formula is C18H17BrN2O4S. The van der Waals surface area contributed by atoms with E-state index in [4.69, 9.17) is 9.47 Å². The van der Waals surface area contributed by atoms with Gasteiger partial charge in [0.1, 0.15) is 22.2 Å². The molecule has 0 spiro atoms. The van der Waals surface area contributed by atoms with Crippen molar-refractivity contribution in [1.29, 1.82) is 0 Å². The maximum atomic E-state index is 12.6. The molecule has 6 nitrogen and oxygen atoms in total. The summed E-state index contributed by atoms with van der Waals surface area (Å²) in [6, 6.07) is 12.3. The Hall–Kier alpha value is -2.32. The number of anilines is 1. The maximum Gasteiger partial charge on any atom is 0.285 e. The van der Waals surface area contributed by atoms with Crippen molar-refractivity contribution < 1.29 is 17.9 Å². The highest BCUT2D eigenvalue weighted by Crippen LogP contribution is 2.36. The van der Waals surface area contributed by atoms with Crippen LogP contribution in [0.25, 0.3) is 4.91 Å². The minimum absolute atomic E-state index is 0.183. The van der Waals surface area contributed by atoms with Crippen LogP contribution in [-0.4, -0.2) is 28.5 Å². The van der Waals surface area contributed by atoms with E-state index in [1.54, 1.807) is 50.4 Å². The van der Waals surface area contributed by atoms with Crippen LogP contribution >= 0.6 is 15.9 Å². The van der Waals surface area contributed by atoms with Gasteiger partial charge in [0.15, 0.2) is 0 Å². The number of amidine groups is 1. The Bertz CT molecular complexity index is 1030. The van der Waals surface area contributed by atoms with Crippen LogP contribution in [0.1, 0.15) is 12.5 Å². The number of nitrogens with zero attached hydrogens (tertiary/aromatic N) is 1. The van der Waals surface area contributed by atoms with E-state index in [0.29, 0.717) is 28.3 Å². The molecule has 0 fully saturated rings. The minimum Gasteiger partial charge on any atom is -0.497 e. The second kappa shape index (κ2) is 7.13. The van der Waals surface area contributed by atoms with Crippen molar-refractivity contribution in [2.45, 2.75) is 6.92 Å². The number of halogens is 1. The molecule has 0 unspecified atom stereocenters. The predicted molar refractivity (Wildman–Crippen MR) is 106 cm³/mol. The van der Waals surface area contributed by atoms with Crippen LogP contribution in [0.5, 0.6) is 11.5 Å². The number of rotatable bonds is 4. The van der Waals surface area contributed by atoms with Gasteiger partial charge in [-0.2, -0.15) is 8.42 Å². The number of ether oxygens (including phenoxy) is 2. The first kappa shape index (κ1) is 18.5. The van der Waals surface area contributed by atoms with Crippen molar-refractivity contribution in [3.63, 3.8) is 0 Å². The van der Waals surface area contributed by atoms with E-state index in [-0.39, 0.29) is 10.7 Å². The quantitative estimate of drug-likeness (QED) is 0.781. The summed E-state index contributed by atoms with van der Waals surface area (Å²) in [5, 5.41) is 3.05. The first-order valence-corrected chi connectivity index (χ1v) is 9.90. The summed E-state index contributed by atoms with van der Waals surface area (Å²) in [5.41, 5.74) is 1.68. The van der Waals surface area contributed by atoms with Crippen LogP contribution in [0.15, 0.2) is 56.9 Å². The van der Waals surface area contributed by atoms with Gasteiger partial charge in [-0.15, -0.1) is 4.40 Å². The number of benzene rings is 2. The van der Waals surface area contributed by atoms with Gasteiger partial charge in [-0.1, -0.05) is 28.1 Å². The van der Waals surface area contributed by atoms with E-state index in [1.165, 1.54) is 7.11 Å². The summed E-state index contributed by atoms with van der Waals surface area (Å²) < 4.78 is 40.5. The molecule has 0 aromatic heterocycles. The summed E-state index contributed by atoms with van der Waals surface area (Å²) in [7, 11) is -0.706. The molecule has 3 rings (SSSR count). The molecule has 0 saturated carbocycles. The summed E-state index contributed by atoms with van der Waals surface area (Å²) in [6.45, 7) is 1.72. The molecule has 26 heavy (non-hydrogen) atoms. The first-order chi connectivity index (χ1) is 12.4. The second-order valence-corrected chi connectivity index (χ2v) is 8.03. The zero-order chi connectivity index (χ0) is 18.9. The Kier molecular flexibility index (Phi) is 5.06. The van der Waals surface area contributed by atoms with Gasteiger partial charge in [-0.25, -0.2) is 0 Å². The second-order valence-electron chi connectivity index (χ2n) is 5.57. The molecule has 136 valence electrons. The molecule has 0 atom stereocenters. The standard InChI is InChI=1S/C18H17BrN2O4S/c1-11-17(12-5-4-6-13(19)9-12)26(22,23)21-18(11)20-15-10-14(24-2)7-8-16(15)25-3/h4-10H,1-3H3,(H,20,21). The van der Waals surface area contributed by atoms with Gasteiger partial charge in [0.25, 0.3) is 10.0 Å². The molecule has 1 aliphatic rings. The van der Waals surface area contributed by atoms with Crippen molar-refractivity contribution in [3.05, 3.63) is 58.1 Å². The highest BCUT2D eigenvalue weighted by Gasteiger charge is 2.31. The molecule has 0 bridgehead atoms. The summed E-state index contributed by atoms with van der Waals surface area (Å²) in [4.78, 5) is 0.183. The lowest BCUT2D eigenvalue weighted by atomic mass is 10.1. The summed E-state index contributed by atoms with van der Waals surface area (Å²) >= 11 is 3.37. The number of methoxy groups -OCH3 is 2. The zero-order valence-corrected chi connectivity index (χ0v) is 16.8. The van der Waals surface area contributed by atoms with Crippen molar-refractivity contribution in [2.75, 3.05) is 19.5 Å². The lowest BCUT2D eigenvalue weighted by Gasteiger charge is -2.13. The molecule has 1 N–H and O–H groups in total. The topological polar surface area (TPSA) is 77.0 Å². The average molecular weight is 437 g/mol. The Morgan fingerprint density at radius 2 is 1.85 bits per heavy atom. The van der Waals surface area contributed by atoms with E-state index < -0.39 is 10.0 Å². The molecule has 1 aliphatic heterocycles. The number of sulfonamides is 1. The highest BCUT2D eigenvalue weighted by atomic mass is 79.9. The van der Waals surface area contributed by atoms with Crippen LogP contribution in [0.3, 0.4) is 0 Å². The van der Waals surface area contributed by atoms with E-state index in [9.17, 15) is 8.42 Å². The Morgan fingerprint density at radius 1 is 1.08 bits per heavy atom. The molecule has 0 aliphatic carbocycles. The molecule has 0 amide bonds. The van der Waals surface area contributed by atoms with Gasteiger partial charge in [0.05, 0.1) is 19.9 Å². The zero-order valence-electron chi connectivity index (χ0n) is 14.4. The highest BCUT2D eigenvalue weighted by molar-refractivity contribution is 9.10. The largest absolute Gasteiger partial charge is 0.497 e. The van der Waals surface area contributed by atoms with Gasteiger partial charge in [0.2, 0.25) is 0 Å². The Morgan fingerprint density at radius 3 is 2.50 bits per heavy atom. The number of hydrogen-bond acceptors (Lipinski definition) is 5. The monoisotopic (exact) mass is 436 g/mol. The van der Waals surface area contributed by atoms with Crippen molar-refractivity contribution in [3.8, 4) is 11.5 Å². The van der Waals surface area contributed by atoms with Gasteiger partial charge in [-0.3, -0.25) is 0 Å². The summed E-state index contributed by atoms with van der Waals surface area (Å²) in [5.74, 6) is 1.42. The smallest absolute Gasteiger partial charge is 0.285 e. The van der Waals surface area contributed by atoms with E-state index >= 15 is 0 Å². The summed E-state index contributed by atoms with van der Waals surface area (Å²) in [6.07, 6.45) is 0. The lowest BCUT2D eigenvalue weighted by molar-refractivity contribution is 0.405.